The number of hydrogen-bond donors (Lipinski definition) is 1. The Kier molecular flexibility index (Phi) is 8.35. The zero-order chi connectivity index (χ0) is 4.28. The highest BCUT2D eigenvalue weighted by Gasteiger charge is 1.82. The van der Waals surface area contributed by atoms with Crippen LogP contribution in [0.5, 0.6) is 0 Å². The highest BCUT2D eigenvalue weighted by Crippen LogP contribution is 1.91. The summed E-state index contributed by atoms with van der Waals surface area (Å²) in [6.45, 7) is 4.18. The lowest BCUT2D eigenvalue weighted by Gasteiger charge is -1.88. The Hall–Kier alpha value is 0.250. The van der Waals surface area contributed by atoms with Crippen LogP contribution in [0.2, 0.25) is 0 Å². The first-order chi connectivity index (χ1) is 2.27. The molecule has 0 saturated carbocycles. The largest absolute Gasteiger partial charge is 0.344 e. The molecule has 0 aromatic rings. The summed E-state index contributed by atoms with van der Waals surface area (Å²) in [5.41, 5.74) is 0. The lowest BCUT2D eigenvalue weighted by molar-refractivity contribution is 0.745. The van der Waals surface area contributed by atoms with Crippen molar-refractivity contribution in [2.24, 2.45) is 5.92 Å². The first kappa shape index (κ1) is 9.54. The van der Waals surface area contributed by atoms with Gasteiger partial charge in [-0.05, 0) is 5.92 Å². The summed E-state index contributed by atoms with van der Waals surface area (Å²) in [6.07, 6.45) is 0. The van der Waals surface area contributed by atoms with Gasteiger partial charge in [-0.2, -0.15) is 0 Å². The predicted octanol–water partition coefficient (Wildman–Crippen LogP) is 2.04. The van der Waals surface area contributed by atoms with Crippen LogP contribution in [0.1, 0.15) is 13.8 Å². The normalized spacial score (nSPS) is 8.00. The lowest BCUT2D eigenvalue weighted by Crippen LogP contribution is -1.83. The van der Waals surface area contributed by atoms with Crippen molar-refractivity contribution in [3.63, 3.8) is 0 Å². The monoisotopic (exact) mass is 109 g/mol. The van der Waals surface area contributed by atoms with E-state index in [9.17, 15) is 0 Å². The fourth-order valence-electron chi connectivity index (χ4n) is 0. The summed E-state index contributed by atoms with van der Waals surface area (Å²) < 4.78 is 0. The average Bonchev–Trinajstić information content (AvgIpc) is 1.38. The number of halogens is 1. The molecule has 1 nitrogen and oxygen atoms in total. The van der Waals surface area contributed by atoms with Crippen molar-refractivity contribution < 1.29 is 0 Å². The summed E-state index contributed by atoms with van der Waals surface area (Å²) in [5, 5.41) is 0. The van der Waals surface area contributed by atoms with E-state index in [1.54, 1.807) is 0 Å². The van der Waals surface area contributed by atoms with E-state index in [2.05, 4.69) is 13.8 Å². The van der Waals surface area contributed by atoms with Crippen LogP contribution in [0.4, 0.5) is 0 Å². The van der Waals surface area contributed by atoms with Crippen molar-refractivity contribution in [2.75, 3.05) is 5.88 Å². The molecule has 0 aliphatic heterocycles. The SMILES string of the molecule is CC(C)CCl.N. The Morgan fingerprint density at radius 3 is 1.67 bits per heavy atom. The second-order valence-corrected chi connectivity index (χ2v) is 1.86. The van der Waals surface area contributed by atoms with E-state index in [-0.39, 0.29) is 6.15 Å². The van der Waals surface area contributed by atoms with E-state index in [0.29, 0.717) is 5.92 Å². The molecule has 0 bridgehead atoms. The molecule has 0 saturated heterocycles. The predicted molar refractivity (Wildman–Crippen MR) is 30.6 cm³/mol. The standard InChI is InChI=1S/C4H9Cl.H3N/c1-4(2)3-5;/h4H,3H2,1-2H3;1H3. The fourth-order valence-corrected chi connectivity index (χ4v) is 0. The van der Waals surface area contributed by atoms with Gasteiger partial charge < -0.3 is 6.15 Å². The molecule has 0 fully saturated rings. The quantitative estimate of drug-likeness (QED) is 0.514. The Labute approximate surface area is 44.3 Å². The van der Waals surface area contributed by atoms with Crippen molar-refractivity contribution in [3.8, 4) is 0 Å². The van der Waals surface area contributed by atoms with Crippen LogP contribution in [0.15, 0.2) is 0 Å². The van der Waals surface area contributed by atoms with Crippen molar-refractivity contribution in [2.45, 2.75) is 13.8 Å². The average molecular weight is 110 g/mol. The van der Waals surface area contributed by atoms with Crippen LogP contribution in [-0.2, 0) is 0 Å². The smallest absolute Gasteiger partial charge is 0.0246 e. The third kappa shape index (κ3) is 8.87. The van der Waals surface area contributed by atoms with Crippen molar-refractivity contribution in [1.29, 1.82) is 0 Å². The third-order valence-electron chi connectivity index (χ3n) is 0.309. The molecule has 0 heterocycles. The van der Waals surface area contributed by atoms with Crippen LogP contribution in [0.3, 0.4) is 0 Å². The highest BCUT2D eigenvalue weighted by molar-refractivity contribution is 6.17. The molecule has 40 valence electrons. The van der Waals surface area contributed by atoms with E-state index in [0.717, 1.165) is 5.88 Å². The maximum Gasteiger partial charge on any atom is 0.0246 e. The van der Waals surface area contributed by atoms with Gasteiger partial charge in [-0.1, -0.05) is 13.8 Å². The van der Waals surface area contributed by atoms with Gasteiger partial charge in [0.25, 0.3) is 0 Å². The molecule has 0 unspecified atom stereocenters. The zero-order valence-corrected chi connectivity index (χ0v) is 5.13. The molecule has 0 aromatic heterocycles. The Morgan fingerprint density at radius 2 is 1.67 bits per heavy atom. The minimum atomic E-state index is 0. The molecule has 6 heavy (non-hydrogen) atoms. The van der Waals surface area contributed by atoms with Gasteiger partial charge in [0.05, 0.1) is 0 Å². The van der Waals surface area contributed by atoms with E-state index in [1.807, 2.05) is 0 Å². The minimum absolute atomic E-state index is 0. The van der Waals surface area contributed by atoms with Gasteiger partial charge in [-0.25, -0.2) is 0 Å². The van der Waals surface area contributed by atoms with E-state index in [4.69, 9.17) is 11.6 Å². The number of alkyl halides is 1. The molecule has 2 heteroatoms. The van der Waals surface area contributed by atoms with Gasteiger partial charge in [0, 0.05) is 5.88 Å². The zero-order valence-electron chi connectivity index (χ0n) is 4.37. The minimum Gasteiger partial charge on any atom is -0.344 e. The number of rotatable bonds is 1. The topological polar surface area (TPSA) is 35.0 Å². The van der Waals surface area contributed by atoms with Crippen LogP contribution in [0.25, 0.3) is 0 Å². The molecule has 0 aliphatic rings. The fraction of sp³-hybridized carbons (Fsp3) is 1.00. The van der Waals surface area contributed by atoms with Gasteiger partial charge in [0.15, 0.2) is 0 Å². The van der Waals surface area contributed by atoms with E-state index in [1.165, 1.54) is 0 Å². The molecular weight excluding hydrogens is 97.5 g/mol. The Morgan fingerprint density at radius 1 is 1.50 bits per heavy atom. The van der Waals surface area contributed by atoms with E-state index < -0.39 is 0 Å². The Bertz CT molecular complexity index is 21.5. The van der Waals surface area contributed by atoms with Gasteiger partial charge in [0.1, 0.15) is 0 Å². The molecular formula is C4H12ClN. The summed E-state index contributed by atoms with van der Waals surface area (Å²) in [7, 11) is 0. The second kappa shape index (κ2) is 5.25. The third-order valence-corrected chi connectivity index (χ3v) is 0.926. The van der Waals surface area contributed by atoms with E-state index >= 15 is 0 Å². The van der Waals surface area contributed by atoms with Gasteiger partial charge in [-0.15, -0.1) is 11.6 Å². The van der Waals surface area contributed by atoms with Gasteiger partial charge in [0.2, 0.25) is 0 Å². The van der Waals surface area contributed by atoms with Crippen LogP contribution < -0.4 is 6.15 Å². The summed E-state index contributed by atoms with van der Waals surface area (Å²) in [4.78, 5) is 0. The molecule has 0 amide bonds. The van der Waals surface area contributed by atoms with Crippen molar-refractivity contribution in [1.82, 2.24) is 6.15 Å². The molecule has 0 radical (unpaired) electrons. The molecule has 0 aliphatic carbocycles. The molecule has 0 rings (SSSR count). The summed E-state index contributed by atoms with van der Waals surface area (Å²) in [6, 6.07) is 0. The lowest BCUT2D eigenvalue weighted by atomic mass is 10.3. The van der Waals surface area contributed by atoms with Crippen molar-refractivity contribution >= 4 is 11.6 Å². The molecule has 0 spiro atoms. The first-order valence-corrected chi connectivity index (χ1v) is 2.36. The first-order valence-electron chi connectivity index (χ1n) is 1.83. The van der Waals surface area contributed by atoms with Gasteiger partial charge >= 0.3 is 0 Å². The van der Waals surface area contributed by atoms with Crippen LogP contribution in [-0.4, -0.2) is 5.88 Å². The molecule has 0 atom stereocenters. The highest BCUT2D eigenvalue weighted by atomic mass is 35.5. The molecule has 3 N–H and O–H groups in total. The summed E-state index contributed by atoms with van der Waals surface area (Å²) >= 11 is 5.34. The maximum absolute atomic E-state index is 5.34. The molecule has 0 aromatic carbocycles. The number of hydrogen-bond acceptors (Lipinski definition) is 1. The van der Waals surface area contributed by atoms with Crippen LogP contribution >= 0.6 is 11.6 Å². The van der Waals surface area contributed by atoms with Crippen molar-refractivity contribution in [3.05, 3.63) is 0 Å². The second-order valence-electron chi connectivity index (χ2n) is 1.55. The van der Waals surface area contributed by atoms with Gasteiger partial charge in [-0.3, -0.25) is 0 Å². The Balaban J connectivity index is 0. The summed E-state index contributed by atoms with van der Waals surface area (Å²) in [5.74, 6) is 1.43. The van der Waals surface area contributed by atoms with Crippen LogP contribution in [0, 0.1) is 5.92 Å². The maximum atomic E-state index is 5.34.